The molecule has 0 amide bonds. The molecule has 1 saturated carbocycles. The summed E-state index contributed by atoms with van der Waals surface area (Å²) in [5.74, 6) is 3.41. The van der Waals surface area contributed by atoms with Gasteiger partial charge in [-0.2, -0.15) is 0 Å². The predicted octanol–water partition coefficient (Wildman–Crippen LogP) is 3.39. The first kappa shape index (κ1) is 19.1. The topological polar surface area (TPSA) is 54.9 Å². The van der Waals surface area contributed by atoms with Crippen molar-refractivity contribution >= 4 is 5.96 Å². The van der Waals surface area contributed by atoms with E-state index in [0.29, 0.717) is 6.54 Å². The molecule has 5 heteroatoms. The summed E-state index contributed by atoms with van der Waals surface area (Å²) in [6.07, 6.45) is 3.46. The molecule has 1 aliphatic rings. The highest BCUT2D eigenvalue weighted by atomic mass is 16.5. The Hall–Kier alpha value is -2.69. The van der Waals surface area contributed by atoms with Crippen LogP contribution in [0, 0.1) is 5.92 Å². The summed E-state index contributed by atoms with van der Waals surface area (Å²) in [5, 5.41) is 6.73. The summed E-state index contributed by atoms with van der Waals surface area (Å²) in [4.78, 5) is 4.31. The van der Waals surface area contributed by atoms with E-state index in [2.05, 4.69) is 27.8 Å². The van der Waals surface area contributed by atoms with Gasteiger partial charge in [-0.25, -0.2) is 0 Å². The largest absolute Gasteiger partial charge is 0.496 e. The first-order chi connectivity index (χ1) is 13.3. The summed E-state index contributed by atoms with van der Waals surface area (Å²) >= 11 is 0. The van der Waals surface area contributed by atoms with Gasteiger partial charge in [0.1, 0.15) is 11.5 Å². The Labute approximate surface area is 161 Å². The SMILES string of the molecule is CN=C(NCCc1ccccc1OC)NCc1ccccc1OCC1CC1. The summed E-state index contributed by atoms with van der Waals surface area (Å²) in [7, 11) is 3.49. The van der Waals surface area contributed by atoms with Crippen LogP contribution < -0.4 is 20.1 Å². The first-order valence-corrected chi connectivity index (χ1v) is 9.57. The van der Waals surface area contributed by atoms with E-state index in [1.807, 2.05) is 36.4 Å². The molecule has 27 heavy (non-hydrogen) atoms. The summed E-state index contributed by atoms with van der Waals surface area (Å²) < 4.78 is 11.4. The van der Waals surface area contributed by atoms with Gasteiger partial charge in [0.2, 0.25) is 0 Å². The second-order valence-corrected chi connectivity index (χ2v) is 6.78. The van der Waals surface area contributed by atoms with E-state index in [9.17, 15) is 0 Å². The molecule has 0 aromatic heterocycles. The minimum absolute atomic E-state index is 0.676. The highest BCUT2D eigenvalue weighted by molar-refractivity contribution is 5.79. The molecule has 0 bridgehead atoms. The fourth-order valence-corrected chi connectivity index (χ4v) is 2.91. The second-order valence-electron chi connectivity index (χ2n) is 6.78. The molecule has 0 radical (unpaired) electrons. The van der Waals surface area contributed by atoms with Crippen LogP contribution in [0.3, 0.4) is 0 Å². The lowest BCUT2D eigenvalue weighted by Gasteiger charge is -2.15. The van der Waals surface area contributed by atoms with E-state index in [1.54, 1.807) is 14.2 Å². The van der Waals surface area contributed by atoms with E-state index in [-0.39, 0.29) is 0 Å². The maximum absolute atomic E-state index is 5.98. The normalized spacial score (nSPS) is 13.9. The van der Waals surface area contributed by atoms with Crippen molar-refractivity contribution in [1.29, 1.82) is 0 Å². The van der Waals surface area contributed by atoms with Crippen LogP contribution in [0.4, 0.5) is 0 Å². The van der Waals surface area contributed by atoms with E-state index >= 15 is 0 Å². The van der Waals surface area contributed by atoms with Gasteiger partial charge < -0.3 is 20.1 Å². The number of para-hydroxylation sites is 2. The van der Waals surface area contributed by atoms with Crippen LogP contribution in [-0.2, 0) is 13.0 Å². The Kier molecular flexibility index (Phi) is 6.97. The molecule has 144 valence electrons. The molecular formula is C22H29N3O2. The van der Waals surface area contributed by atoms with Crippen molar-refractivity contribution in [2.24, 2.45) is 10.9 Å². The molecule has 0 aliphatic heterocycles. The van der Waals surface area contributed by atoms with E-state index in [4.69, 9.17) is 9.47 Å². The number of aliphatic imine (C=N–C) groups is 1. The van der Waals surface area contributed by atoms with Crippen LogP contribution in [0.2, 0.25) is 0 Å². The highest BCUT2D eigenvalue weighted by Gasteiger charge is 2.22. The average molecular weight is 367 g/mol. The molecule has 2 aromatic rings. The molecule has 2 N–H and O–H groups in total. The zero-order valence-electron chi connectivity index (χ0n) is 16.2. The third-order valence-corrected chi connectivity index (χ3v) is 4.69. The van der Waals surface area contributed by atoms with Crippen molar-refractivity contribution in [3.63, 3.8) is 0 Å². The molecule has 1 aliphatic carbocycles. The number of nitrogens with one attached hydrogen (secondary N) is 2. The summed E-state index contributed by atoms with van der Waals surface area (Å²) in [5.41, 5.74) is 2.33. The molecular weight excluding hydrogens is 338 g/mol. The van der Waals surface area contributed by atoms with E-state index in [0.717, 1.165) is 48.5 Å². The Bertz CT molecular complexity index is 757. The lowest BCUT2D eigenvalue weighted by molar-refractivity contribution is 0.296. The average Bonchev–Trinajstić information content (AvgIpc) is 3.54. The van der Waals surface area contributed by atoms with Gasteiger partial charge >= 0.3 is 0 Å². The van der Waals surface area contributed by atoms with Gasteiger partial charge in [0.05, 0.1) is 13.7 Å². The van der Waals surface area contributed by atoms with Crippen LogP contribution in [0.15, 0.2) is 53.5 Å². The van der Waals surface area contributed by atoms with Crippen LogP contribution in [-0.4, -0.2) is 33.3 Å². The monoisotopic (exact) mass is 367 g/mol. The minimum atomic E-state index is 0.676. The summed E-state index contributed by atoms with van der Waals surface area (Å²) in [6.45, 7) is 2.28. The van der Waals surface area contributed by atoms with Crippen LogP contribution in [0.1, 0.15) is 24.0 Å². The summed E-state index contributed by atoms with van der Waals surface area (Å²) in [6, 6.07) is 16.3. The lowest BCUT2D eigenvalue weighted by atomic mass is 10.1. The van der Waals surface area contributed by atoms with Gasteiger partial charge in [-0.15, -0.1) is 0 Å². The van der Waals surface area contributed by atoms with Crippen molar-refractivity contribution in [1.82, 2.24) is 10.6 Å². The number of hydrogen-bond acceptors (Lipinski definition) is 3. The van der Waals surface area contributed by atoms with Crippen LogP contribution in [0.25, 0.3) is 0 Å². The fraction of sp³-hybridized carbons (Fsp3) is 0.409. The molecule has 1 fully saturated rings. The van der Waals surface area contributed by atoms with Gasteiger partial charge in [0.25, 0.3) is 0 Å². The quantitative estimate of drug-likeness (QED) is 0.527. The van der Waals surface area contributed by atoms with Crippen molar-refractivity contribution in [3.8, 4) is 11.5 Å². The number of guanidine groups is 1. The predicted molar refractivity (Wildman–Crippen MR) is 110 cm³/mol. The molecule has 0 spiro atoms. The van der Waals surface area contributed by atoms with Gasteiger partial charge in [-0.3, -0.25) is 4.99 Å². The van der Waals surface area contributed by atoms with Gasteiger partial charge in [0, 0.05) is 25.7 Å². The highest BCUT2D eigenvalue weighted by Crippen LogP contribution is 2.30. The molecule has 5 nitrogen and oxygen atoms in total. The lowest BCUT2D eigenvalue weighted by Crippen LogP contribution is -2.38. The third kappa shape index (κ3) is 5.91. The number of rotatable bonds is 9. The van der Waals surface area contributed by atoms with Crippen molar-refractivity contribution in [2.75, 3.05) is 27.3 Å². The van der Waals surface area contributed by atoms with Crippen molar-refractivity contribution < 1.29 is 9.47 Å². The molecule has 0 heterocycles. The molecule has 0 unspecified atom stereocenters. The maximum Gasteiger partial charge on any atom is 0.191 e. The van der Waals surface area contributed by atoms with Gasteiger partial charge in [-0.1, -0.05) is 36.4 Å². The van der Waals surface area contributed by atoms with E-state index in [1.165, 1.54) is 18.4 Å². The molecule has 3 rings (SSSR count). The Morgan fingerprint density at radius 1 is 1.00 bits per heavy atom. The van der Waals surface area contributed by atoms with E-state index < -0.39 is 0 Å². The first-order valence-electron chi connectivity index (χ1n) is 9.57. The van der Waals surface area contributed by atoms with Crippen molar-refractivity contribution in [3.05, 3.63) is 59.7 Å². The molecule has 2 aromatic carbocycles. The van der Waals surface area contributed by atoms with Crippen molar-refractivity contribution in [2.45, 2.75) is 25.8 Å². The van der Waals surface area contributed by atoms with Crippen LogP contribution >= 0.6 is 0 Å². The maximum atomic E-state index is 5.98. The standard InChI is InChI=1S/C22H29N3O2/c1-23-22(24-14-13-18-7-3-5-9-20(18)26-2)25-15-19-8-4-6-10-21(19)27-16-17-11-12-17/h3-10,17H,11-16H2,1-2H3,(H2,23,24,25). The zero-order valence-corrected chi connectivity index (χ0v) is 16.2. The van der Waals surface area contributed by atoms with Gasteiger partial charge in [-0.05, 0) is 42.9 Å². The fourth-order valence-electron chi connectivity index (χ4n) is 2.91. The number of hydrogen-bond donors (Lipinski definition) is 2. The number of nitrogens with zero attached hydrogens (tertiary/aromatic N) is 1. The van der Waals surface area contributed by atoms with Crippen LogP contribution in [0.5, 0.6) is 11.5 Å². The Morgan fingerprint density at radius 2 is 1.70 bits per heavy atom. The third-order valence-electron chi connectivity index (χ3n) is 4.69. The Morgan fingerprint density at radius 3 is 2.41 bits per heavy atom. The molecule has 0 atom stereocenters. The minimum Gasteiger partial charge on any atom is -0.496 e. The zero-order chi connectivity index (χ0) is 18.9. The number of ether oxygens (including phenoxy) is 2. The van der Waals surface area contributed by atoms with Gasteiger partial charge in [0.15, 0.2) is 5.96 Å². The molecule has 0 saturated heterocycles. The number of methoxy groups -OCH3 is 1. The second kappa shape index (κ2) is 9.86. The Balaban J connectivity index is 1.48. The smallest absolute Gasteiger partial charge is 0.191 e. The number of benzene rings is 2.